The van der Waals surface area contributed by atoms with Gasteiger partial charge in [-0.05, 0) is 36.2 Å². The molecule has 2 heterocycles. The average molecular weight is 435 g/mol. The summed E-state index contributed by atoms with van der Waals surface area (Å²) in [6.07, 6.45) is 1.58. The maximum Gasteiger partial charge on any atom is 0.290 e. The summed E-state index contributed by atoms with van der Waals surface area (Å²) >= 11 is 0. The normalized spacial score (nSPS) is 16.2. The number of hydrogen-bond donors (Lipinski definition) is 2. The molecule has 1 amide bonds. The Morgan fingerprint density at radius 1 is 1.16 bits per heavy atom. The van der Waals surface area contributed by atoms with Crippen molar-refractivity contribution in [2.45, 2.75) is 25.8 Å². The first-order valence-electron chi connectivity index (χ1n) is 10.7. The molecule has 0 saturated carbocycles. The van der Waals surface area contributed by atoms with Crippen molar-refractivity contribution in [1.29, 1.82) is 0 Å². The van der Waals surface area contributed by atoms with Gasteiger partial charge in [-0.15, -0.1) is 0 Å². The third-order valence-corrected chi connectivity index (χ3v) is 5.48. The number of nitrogens with zero attached hydrogens (tertiary/aromatic N) is 1. The number of rotatable bonds is 9. The number of carbonyl (C=O) groups is 2. The van der Waals surface area contributed by atoms with Gasteiger partial charge in [-0.2, -0.15) is 0 Å². The van der Waals surface area contributed by atoms with E-state index in [1.807, 2.05) is 25.1 Å². The Morgan fingerprint density at radius 3 is 2.72 bits per heavy atom. The summed E-state index contributed by atoms with van der Waals surface area (Å²) in [5.74, 6) is -1.10. The van der Waals surface area contributed by atoms with E-state index in [0.29, 0.717) is 23.4 Å². The second kappa shape index (κ2) is 9.28. The molecule has 0 fully saturated rings. The van der Waals surface area contributed by atoms with Crippen LogP contribution in [0.25, 0.3) is 11.0 Å². The number of amides is 1. The van der Waals surface area contributed by atoms with E-state index >= 15 is 0 Å². The topological polar surface area (TPSA) is 100 Å². The van der Waals surface area contributed by atoms with Crippen molar-refractivity contribution in [3.63, 3.8) is 0 Å². The first-order chi connectivity index (χ1) is 15.5. The highest BCUT2D eigenvalue weighted by atomic mass is 16.5. The van der Waals surface area contributed by atoms with Gasteiger partial charge in [0.25, 0.3) is 5.91 Å². The summed E-state index contributed by atoms with van der Waals surface area (Å²) in [6, 6.07) is 15.1. The Bertz CT molecular complexity index is 1140. The van der Waals surface area contributed by atoms with Crippen LogP contribution in [0.15, 0.2) is 70.3 Å². The van der Waals surface area contributed by atoms with Crippen molar-refractivity contribution < 1.29 is 29.0 Å². The highest BCUT2D eigenvalue weighted by molar-refractivity contribution is 6.16. The minimum Gasteiger partial charge on any atom is -0.503 e. The molecule has 0 bridgehead atoms. The van der Waals surface area contributed by atoms with Gasteiger partial charge in [0.15, 0.2) is 11.5 Å². The van der Waals surface area contributed by atoms with E-state index in [1.165, 1.54) is 4.90 Å². The number of para-hydroxylation sites is 1. The number of hydrogen-bond acceptors (Lipinski definition) is 6. The Balaban J connectivity index is 1.77. The van der Waals surface area contributed by atoms with Crippen molar-refractivity contribution >= 4 is 22.7 Å². The van der Waals surface area contributed by atoms with Crippen molar-refractivity contribution in [3.05, 3.63) is 77.3 Å². The van der Waals surface area contributed by atoms with Crippen LogP contribution >= 0.6 is 0 Å². The van der Waals surface area contributed by atoms with Crippen LogP contribution in [0.2, 0.25) is 0 Å². The quantitative estimate of drug-likeness (QED) is 0.489. The van der Waals surface area contributed by atoms with Gasteiger partial charge in [0.2, 0.25) is 5.78 Å². The fraction of sp³-hybridized carbons (Fsp3) is 0.280. The molecule has 4 rings (SSSR count). The number of aliphatic hydroxyl groups excluding tert-OH is 2. The second-order valence-corrected chi connectivity index (χ2v) is 7.64. The van der Waals surface area contributed by atoms with Crippen LogP contribution in [-0.4, -0.2) is 46.6 Å². The zero-order chi connectivity index (χ0) is 22.7. The molecule has 7 nitrogen and oxygen atoms in total. The van der Waals surface area contributed by atoms with Crippen LogP contribution < -0.4 is 4.74 Å². The van der Waals surface area contributed by atoms with Crippen molar-refractivity contribution in [2.75, 3.05) is 19.8 Å². The summed E-state index contributed by atoms with van der Waals surface area (Å²) in [4.78, 5) is 27.9. The molecule has 0 spiro atoms. The third-order valence-electron chi connectivity index (χ3n) is 5.48. The zero-order valence-electron chi connectivity index (χ0n) is 17.8. The van der Waals surface area contributed by atoms with Crippen molar-refractivity contribution in [1.82, 2.24) is 4.90 Å². The number of aliphatic hydroxyl groups is 2. The number of furan rings is 1. The smallest absolute Gasteiger partial charge is 0.290 e. The standard InChI is InChI=1S/C25H25NO6/c1-2-3-11-26-22(17-8-6-9-18(14-17)31-13-12-27)21(24(29)25(26)30)23(28)20-15-16-7-4-5-10-19(16)32-20/h4-10,14-15,22,27,29H,2-3,11-13H2,1H3. The lowest BCUT2D eigenvalue weighted by molar-refractivity contribution is -0.129. The van der Waals surface area contributed by atoms with Gasteiger partial charge < -0.3 is 24.3 Å². The largest absolute Gasteiger partial charge is 0.503 e. The Hall–Kier alpha value is -3.58. The minimum absolute atomic E-state index is 0.00975. The van der Waals surface area contributed by atoms with Gasteiger partial charge in [-0.25, -0.2) is 0 Å². The number of unbranched alkanes of at least 4 members (excludes halogenated alkanes) is 1. The summed E-state index contributed by atoms with van der Waals surface area (Å²) in [5, 5.41) is 20.5. The molecule has 1 aliphatic heterocycles. The van der Waals surface area contributed by atoms with E-state index in [0.717, 1.165) is 18.2 Å². The van der Waals surface area contributed by atoms with Crippen molar-refractivity contribution in [3.8, 4) is 5.75 Å². The average Bonchev–Trinajstić information content (AvgIpc) is 3.35. The lowest BCUT2D eigenvalue weighted by Gasteiger charge is -2.27. The van der Waals surface area contributed by atoms with E-state index < -0.39 is 23.5 Å². The monoisotopic (exact) mass is 435 g/mol. The molecular formula is C25H25NO6. The van der Waals surface area contributed by atoms with Crippen LogP contribution in [0.5, 0.6) is 5.75 Å². The highest BCUT2D eigenvalue weighted by Crippen LogP contribution is 2.40. The Morgan fingerprint density at radius 2 is 1.97 bits per heavy atom. The molecular weight excluding hydrogens is 410 g/mol. The number of carbonyl (C=O) groups excluding carboxylic acids is 2. The molecule has 1 unspecified atom stereocenters. The molecule has 3 aromatic rings. The molecule has 7 heteroatoms. The fourth-order valence-electron chi connectivity index (χ4n) is 3.96. The maximum absolute atomic E-state index is 13.5. The summed E-state index contributed by atoms with van der Waals surface area (Å²) in [7, 11) is 0. The third kappa shape index (κ3) is 3.99. The van der Waals surface area contributed by atoms with Crippen LogP contribution in [-0.2, 0) is 4.79 Å². The zero-order valence-corrected chi connectivity index (χ0v) is 17.8. The fourth-order valence-corrected chi connectivity index (χ4v) is 3.96. The van der Waals surface area contributed by atoms with Crippen LogP contribution in [0.4, 0.5) is 0 Å². The van der Waals surface area contributed by atoms with Gasteiger partial charge in [0.05, 0.1) is 18.2 Å². The minimum atomic E-state index is -0.771. The molecule has 1 aliphatic rings. The lowest BCUT2D eigenvalue weighted by atomic mass is 9.94. The number of benzene rings is 2. The Kier molecular flexibility index (Phi) is 6.28. The molecule has 0 radical (unpaired) electrons. The van der Waals surface area contributed by atoms with Gasteiger partial charge in [0, 0.05) is 11.9 Å². The first-order valence-corrected chi connectivity index (χ1v) is 10.7. The van der Waals surface area contributed by atoms with E-state index in [4.69, 9.17) is 14.3 Å². The SMILES string of the molecule is CCCCN1C(=O)C(O)=C(C(=O)c2cc3ccccc3o2)C1c1cccc(OCCO)c1. The van der Waals surface area contributed by atoms with Crippen LogP contribution in [0.3, 0.4) is 0 Å². The first kappa shape index (κ1) is 21.6. The highest BCUT2D eigenvalue weighted by Gasteiger charge is 2.44. The lowest BCUT2D eigenvalue weighted by Crippen LogP contribution is -2.32. The summed E-state index contributed by atoms with van der Waals surface area (Å²) in [6.45, 7) is 2.39. The number of ether oxygens (including phenoxy) is 1. The van der Waals surface area contributed by atoms with E-state index in [1.54, 1.807) is 36.4 Å². The van der Waals surface area contributed by atoms with Gasteiger partial charge in [0.1, 0.15) is 17.9 Å². The molecule has 2 N–H and O–H groups in total. The van der Waals surface area contributed by atoms with Crippen LogP contribution in [0.1, 0.15) is 41.9 Å². The molecule has 2 aromatic carbocycles. The number of fused-ring (bicyclic) bond motifs is 1. The molecule has 1 aromatic heterocycles. The van der Waals surface area contributed by atoms with E-state index in [2.05, 4.69) is 0 Å². The molecule has 32 heavy (non-hydrogen) atoms. The molecule has 1 atom stereocenters. The van der Waals surface area contributed by atoms with Crippen molar-refractivity contribution in [2.24, 2.45) is 0 Å². The molecule has 0 saturated heterocycles. The van der Waals surface area contributed by atoms with E-state index in [9.17, 15) is 14.7 Å². The molecule has 0 aliphatic carbocycles. The predicted molar refractivity (Wildman–Crippen MR) is 119 cm³/mol. The van der Waals surface area contributed by atoms with Gasteiger partial charge >= 0.3 is 0 Å². The maximum atomic E-state index is 13.5. The van der Waals surface area contributed by atoms with E-state index in [-0.39, 0.29) is 24.5 Å². The second-order valence-electron chi connectivity index (χ2n) is 7.64. The Labute approximate surface area is 185 Å². The number of ketones is 1. The summed E-state index contributed by atoms with van der Waals surface area (Å²) < 4.78 is 11.2. The van der Waals surface area contributed by atoms with Gasteiger partial charge in [-0.3, -0.25) is 9.59 Å². The molecule has 166 valence electrons. The van der Waals surface area contributed by atoms with Crippen LogP contribution in [0, 0.1) is 0 Å². The number of Topliss-reactive ketones (excluding diaryl/α,β-unsaturated/α-hetero) is 1. The summed E-state index contributed by atoms with van der Waals surface area (Å²) in [5.41, 5.74) is 1.18. The van der Waals surface area contributed by atoms with Gasteiger partial charge in [-0.1, -0.05) is 43.7 Å². The predicted octanol–water partition coefficient (Wildman–Crippen LogP) is 4.18.